The highest BCUT2D eigenvalue weighted by atomic mass is 32.2. The number of nitrogens with one attached hydrogen (secondary N) is 1. The Balaban J connectivity index is 3.52. The molecule has 1 amide bonds. The van der Waals surface area contributed by atoms with Crippen molar-refractivity contribution in [2.24, 2.45) is 0 Å². The fourth-order valence-electron chi connectivity index (χ4n) is 1.74. The summed E-state index contributed by atoms with van der Waals surface area (Å²) in [5.41, 5.74) is 3.04. The lowest BCUT2D eigenvalue weighted by molar-refractivity contribution is 0.179. The number of hydrogen-bond donors (Lipinski definition) is 2. The topological polar surface area (TPSA) is 83.5 Å². The number of aryl methyl sites for hydroxylation is 3. The molecule has 0 aromatic heterocycles. The van der Waals surface area contributed by atoms with Gasteiger partial charge in [0, 0.05) is 0 Å². The fourth-order valence-corrected chi connectivity index (χ4v) is 3.01. The van der Waals surface area contributed by atoms with Crippen LogP contribution in [0.25, 0.3) is 0 Å². The zero-order valence-electron chi connectivity index (χ0n) is 9.23. The van der Waals surface area contributed by atoms with Crippen molar-refractivity contribution in [3.05, 3.63) is 28.8 Å². The second-order valence-corrected chi connectivity index (χ2v) is 5.42. The minimum absolute atomic E-state index is 0.0512. The number of carbonyl (C=O) groups excluding carboxylic acids is 1. The highest BCUT2D eigenvalue weighted by molar-refractivity contribution is 8.06. The van der Waals surface area contributed by atoms with Crippen LogP contribution in [0.2, 0.25) is 0 Å². The molecule has 0 radical (unpaired) electrons. The first-order chi connectivity index (χ1) is 7.30. The molecule has 5 nitrogen and oxygen atoms in total. The van der Waals surface area contributed by atoms with Gasteiger partial charge in [0.05, 0.1) is 4.90 Å². The summed E-state index contributed by atoms with van der Waals surface area (Å²) in [6, 6.07) is 3.34. The molecule has 2 N–H and O–H groups in total. The van der Waals surface area contributed by atoms with Gasteiger partial charge in [-0.3, -0.25) is 10.0 Å². The predicted molar refractivity (Wildman–Crippen MR) is 58.2 cm³/mol. The molecule has 6 heteroatoms. The summed E-state index contributed by atoms with van der Waals surface area (Å²) < 4.78 is 23.5. The largest absolute Gasteiger partial charge is 0.364 e. The van der Waals surface area contributed by atoms with E-state index in [0.717, 1.165) is 11.0 Å². The van der Waals surface area contributed by atoms with Crippen LogP contribution >= 0.6 is 0 Å². The van der Waals surface area contributed by atoms with Gasteiger partial charge in [-0.05, 0) is 31.9 Å². The first-order valence-corrected chi connectivity index (χ1v) is 6.06. The molecule has 0 atom stereocenters. The Hall–Kier alpha value is -1.40. The molecule has 0 fully saturated rings. The Kier molecular flexibility index (Phi) is 3.35. The molecule has 0 saturated carbocycles. The molecule has 0 aliphatic heterocycles. The molecule has 0 heterocycles. The van der Waals surface area contributed by atoms with Crippen LogP contribution in [0.1, 0.15) is 16.7 Å². The average Bonchev–Trinajstić information content (AvgIpc) is 2.14. The highest BCUT2D eigenvalue weighted by Gasteiger charge is 2.28. The van der Waals surface area contributed by atoms with E-state index in [-0.39, 0.29) is 4.90 Å². The van der Waals surface area contributed by atoms with Gasteiger partial charge in [0.1, 0.15) is 0 Å². The van der Waals surface area contributed by atoms with Gasteiger partial charge >= 0.3 is 5.24 Å². The summed E-state index contributed by atoms with van der Waals surface area (Å²) in [6.07, 6.45) is 0. The molecule has 0 spiro atoms. The van der Waals surface area contributed by atoms with E-state index in [1.165, 1.54) is 0 Å². The summed E-state index contributed by atoms with van der Waals surface area (Å²) in [4.78, 5) is 11.0. The van der Waals surface area contributed by atoms with Crippen molar-refractivity contribution in [2.45, 2.75) is 25.7 Å². The van der Waals surface area contributed by atoms with Crippen molar-refractivity contribution >= 4 is 15.1 Å². The van der Waals surface area contributed by atoms with Crippen LogP contribution in [0.15, 0.2) is 17.0 Å². The Labute approximate surface area is 94.0 Å². The van der Waals surface area contributed by atoms with E-state index >= 15 is 0 Å². The Bertz CT molecular complexity index is 511. The summed E-state index contributed by atoms with van der Waals surface area (Å²) >= 11 is 0. The molecule has 0 saturated heterocycles. The quantitative estimate of drug-likeness (QED) is 0.578. The van der Waals surface area contributed by atoms with Crippen LogP contribution in [0, 0.1) is 20.8 Å². The van der Waals surface area contributed by atoms with Crippen LogP contribution in [0.4, 0.5) is 4.79 Å². The second kappa shape index (κ2) is 4.23. The van der Waals surface area contributed by atoms with Gasteiger partial charge in [-0.15, -0.1) is 0 Å². The van der Waals surface area contributed by atoms with E-state index in [0.29, 0.717) is 11.1 Å². The van der Waals surface area contributed by atoms with Crippen LogP contribution in [0.5, 0.6) is 0 Å². The highest BCUT2D eigenvalue weighted by Crippen LogP contribution is 2.23. The SMILES string of the molecule is Cc1cc(C)c(S(=O)(=O)C(=O)NO)c(C)c1. The predicted octanol–water partition coefficient (Wildman–Crippen LogP) is 1.48. The summed E-state index contributed by atoms with van der Waals surface area (Å²) in [5, 5.41) is 6.98. The maximum Gasteiger partial charge on any atom is 0.364 e. The minimum Gasteiger partial charge on any atom is -0.288 e. The number of carbonyl (C=O) groups is 1. The maximum atomic E-state index is 11.7. The summed E-state index contributed by atoms with van der Waals surface area (Å²) in [6.45, 7) is 5.05. The molecule has 88 valence electrons. The van der Waals surface area contributed by atoms with Gasteiger partial charge in [-0.2, -0.15) is 0 Å². The lowest BCUT2D eigenvalue weighted by Gasteiger charge is -2.10. The number of sulfone groups is 1. The summed E-state index contributed by atoms with van der Waals surface area (Å²) in [5.74, 6) is 0. The first-order valence-electron chi connectivity index (χ1n) is 4.57. The van der Waals surface area contributed by atoms with Crippen LogP contribution in [0.3, 0.4) is 0 Å². The first kappa shape index (κ1) is 12.7. The zero-order valence-corrected chi connectivity index (χ0v) is 10.1. The van der Waals surface area contributed by atoms with Crippen LogP contribution in [-0.4, -0.2) is 18.9 Å². The third kappa shape index (κ3) is 2.07. The average molecular weight is 243 g/mol. The monoisotopic (exact) mass is 243 g/mol. The Morgan fingerprint density at radius 3 is 2.00 bits per heavy atom. The van der Waals surface area contributed by atoms with Crippen molar-refractivity contribution in [1.29, 1.82) is 0 Å². The van der Waals surface area contributed by atoms with Crippen molar-refractivity contribution in [2.75, 3.05) is 0 Å². The molecule has 0 aliphatic carbocycles. The van der Waals surface area contributed by atoms with Gasteiger partial charge in [0.2, 0.25) is 0 Å². The van der Waals surface area contributed by atoms with Crippen molar-refractivity contribution in [3.8, 4) is 0 Å². The molecule has 0 aliphatic rings. The smallest absolute Gasteiger partial charge is 0.288 e. The molecular weight excluding hydrogens is 230 g/mol. The van der Waals surface area contributed by atoms with Gasteiger partial charge < -0.3 is 0 Å². The number of hydrogen-bond acceptors (Lipinski definition) is 4. The minimum atomic E-state index is -4.17. The zero-order chi connectivity index (χ0) is 12.5. The van der Waals surface area contributed by atoms with Crippen LogP contribution < -0.4 is 5.48 Å². The molecule has 0 bridgehead atoms. The van der Waals surface area contributed by atoms with Gasteiger partial charge in [-0.25, -0.2) is 13.9 Å². The number of amides is 1. The molecule has 1 aromatic carbocycles. The van der Waals surface area contributed by atoms with E-state index in [9.17, 15) is 13.2 Å². The molecule has 0 unspecified atom stereocenters. The van der Waals surface area contributed by atoms with Gasteiger partial charge in [0.25, 0.3) is 9.84 Å². The van der Waals surface area contributed by atoms with E-state index in [1.54, 1.807) is 26.0 Å². The third-order valence-corrected chi connectivity index (χ3v) is 3.97. The van der Waals surface area contributed by atoms with E-state index in [1.807, 2.05) is 6.92 Å². The number of benzene rings is 1. The lowest BCUT2D eigenvalue weighted by atomic mass is 10.1. The van der Waals surface area contributed by atoms with Crippen molar-refractivity contribution < 1.29 is 18.4 Å². The molecule has 16 heavy (non-hydrogen) atoms. The normalized spacial score (nSPS) is 11.2. The second-order valence-electron chi connectivity index (χ2n) is 3.63. The molecule has 1 aromatic rings. The number of hydroxylamine groups is 1. The van der Waals surface area contributed by atoms with Crippen molar-refractivity contribution in [3.63, 3.8) is 0 Å². The van der Waals surface area contributed by atoms with E-state index in [2.05, 4.69) is 0 Å². The number of rotatable bonds is 1. The van der Waals surface area contributed by atoms with E-state index in [4.69, 9.17) is 5.21 Å². The Morgan fingerprint density at radius 1 is 1.19 bits per heavy atom. The molecular formula is C10H13NO4S. The maximum absolute atomic E-state index is 11.7. The standard InChI is InChI=1S/C10H13NO4S/c1-6-4-7(2)9(8(3)5-6)16(14,15)10(12)11-13/h4-5,13H,1-3H3,(H,11,12). The van der Waals surface area contributed by atoms with Crippen molar-refractivity contribution in [1.82, 2.24) is 5.48 Å². The van der Waals surface area contributed by atoms with Gasteiger partial charge in [-0.1, -0.05) is 17.7 Å². The van der Waals surface area contributed by atoms with Gasteiger partial charge in [0.15, 0.2) is 0 Å². The van der Waals surface area contributed by atoms with E-state index < -0.39 is 15.1 Å². The van der Waals surface area contributed by atoms with Crippen LogP contribution in [-0.2, 0) is 9.84 Å². The fraction of sp³-hybridized carbons (Fsp3) is 0.300. The summed E-state index contributed by atoms with van der Waals surface area (Å²) in [7, 11) is -4.17. The third-order valence-electron chi connectivity index (χ3n) is 2.21. The molecule has 1 rings (SSSR count). The Morgan fingerprint density at radius 2 is 1.62 bits per heavy atom. The lowest BCUT2D eigenvalue weighted by Crippen LogP contribution is -2.27.